The van der Waals surface area contributed by atoms with Gasteiger partial charge in [0.05, 0.1) is 12.2 Å². The predicted molar refractivity (Wildman–Crippen MR) is 106 cm³/mol. The molecule has 0 unspecified atom stereocenters. The second-order valence-corrected chi connectivity index (χ2v) is 9.30. The Labute approximate surface area is 163 Å². The molecule has 3 rings (SSSR count). The Morgan fingerprint density at radius 3 is 2.70 bits per heavy atom. The molecule has 2 aromatic rings. The SMILES string of the molecule is CCNC(=NCc1sccc1C)N1CCN(S(=O)(=O)Cc2ccon2)CC1. The molecule has 1 aliphatic heterocycles. The summed E-state index contributed by atoms with van der Waals surface area (Å²) in [4.78, 5) is 8.11. The van der Waals surface area contributed by atoms with Crippen LogP contribution in [0.4, 0.5) is 0 Å². The molecule has 1 fully saturated rings. The number of guanidine groups is 1. The van der Waals surface area contributed by atoms with Gasteiger partial charge in [0, 0.05) is 43.7 Å². The van der Waals surface area contributed by atoms with E-state index in [1.807, 2.05) is 6.92 Å². The Bertz CT molecular complexity index is 853. The van der Waals surface area contributed by atoms with Gasteiger partial charge in [-0.2, -0.15) is 4.31 Å². The lowest BCUT2D eigenvalue weighted by Crippen LogP contribution is -2.53. The van der Waals surface area contributed by atoms with Crippen LogP contribution >= 0.6 is 11.3 Å². The monoisotopic (exact) mass is 411 g/mol. The standard InChI is InChI=1S/C17H25N5O3S2/c1-3-18-17(19-12-16-14(2)5-11-26-16)21-6-8-22(9-7-21)27(23,24)13-15-4-10-25-20-15/h4-5,10-11H,3,6-9,12-13H2,1-2H3,(H,18,19). The molecule has 2 aromatic heterocycles. The Morgan fingerprint density at radius 2 is 2.11 bits per heavy atom. The minimum atomic E-state index is -3.40. The van der Waals surface area contributed by atoms with Gasteiger partial charge in [0.25, 0.3) is 0 Å². The van der Waals surface area contributed by atoms with Crippen molar-refractivity contribution in [3.8, 4) is 0 Å². The first-order chi connectivity index (χ1) is 13.0. The smallest absolute Gasteiger partial charge is 0.220 e. The first kappa shape index (κ1) is 19.8. The summed E-state index contributed by atoms with van der Waals surface area (Å²) in [5.74, 6) is 0.703. The fourth-order valence-electron chi connectivity index (χ4n) is 2.91. The molecule has 1 N–H and O–H groups in total. The number of nitrogens with one attached hydrogen (secondary N) is 1. The summed E-state index contributed by atoms with van der Waals surface area (Å²) < 4.78 is 31.4. The third-order valence-corrected chi connectivity index (χ3v) is 7.25. The van der Waals surface area contributed by atoms with E-state index in [1.54, 1.807) is 17.4 Å². The molecular formula is C17H25N5O3S2. The fourth-order valence-corrected chi connectivity index (χ4v) is 5.16. The number of aromatic nitrogens is 1. The van der Waals surface area contributed by atoms with Crippen molar-refractivity contribution < 1.29 is 12.9 Å². The van der Waals surface area contributed by atoms with Gasteiger partial charge in [-0.05, 0) is 30.9 Å². The summed E-state index contributed by atoms with van der Waals surface area (Å²) in [5.41, 5.74) is 1.68. The Hall–Kier alpha value is -1.91. The van der Waals surface area contributed by atoms with Crippen molar-refractivity contribution in [2.75, 3.05) is 32.7 Å². The molecule has 0 spiro atoms. The van der Waals surface area contributed by atoms with Crippen LogP contribution in [-0.4, -0.2) is 61.5 Å². The van der Waals surface area contributed by atoms with Crippen LogP contribution < -0.4 is 5.32 Å². The lowest BCUT2D eigenvalue weighted by atomic mass is 10.3. The van der Waals surface area contributed by atoms with Gasteiger partial charge in [0.15, 0.2) is 5.96 Å². The van der Waals surface area contributed by atoms with Crippen LogP contribution in [0.25, 0.3) is 0 Å². The summed E-state index contributed by atoms with van der Waals surface area (Å²) in [7, 11) is -3.40. The van der Waals surface area contributed by atoms with Crippen molar-refractivity contribution in [3.05, 3.63) is 39.9 Å². The van der Waals surface area contributed by atoms with Gasteiger partial charge in [-0.25, -0.2) is 13.4 Å². The maximum atomic E-state index is 12.6. The van der Waals surface area contributed by atoms with Crippen LogP contribution in [0.15, 0.2) is 33.3 Å². The normalized spacial score (nSPS) is 16.7. The van der Waals surface area contributed by atoms with Gasteiger partial charge in [-0.3, -0.25) is 0 Å². The molecule has 1 saturated heterocycles. The molecule has 0 amide bonds. The van der Waals surface area contributed by atoms with Gasteiger partial charge >= 0.3 is 0 Å². The predicted octanol–water partition coefficient (Wildman–Crippen LogP) is 1.66. The van der Waals surface area contributed by atoms with Gasteiger partial charge < -0.3 is 14.7 Å². The van der Waals surface area contributed by atoms with Crippen molar-refractivity contribution in [2.45, 2.75) is 26.1 Å². The van der Waals surface area contributed by atoms with E-state index < -0.39 is 10.0 Å². The second-order valence-electron chi connectivity index (χ2n) is 6.33. The van der Waals surface area contributed by atoms with Gasteiger partial charge in [0.2, 0.25) is 10.0 Å². The molecule has 0 bridgehead atoms. The molecule has 0 aliphatic carbocycles. The lowest BCUT2D eigenvalue weighted by molar-refractivity contribution is 0.259. The zero-order valence-corrected chi connectivity index (χ0v) is 17.2. The highest BCUT2D eigenvalue weighted by atomic mass is 32.2. The average molecular weight is 412 g/mol. The zero-order valence-electron chi connectivity index (χ0n) is 15.6. The highest BCUT2D eigenvalue weighted by molar-refractivity contribution is 7.88. The van der Waals surface area contributed by atoms with E-state index in [9.17, 15) is 8.42 Å². The van der Waals surface area contributed by atoms with Crippen molar-refractivity contribution in [1.82, 2.24) is 19.7 Å². The first-order valence-electron chi connectivity index (χ1n) is 8.93. The van der Waals surface area contributed by atoms with Crippen molar-refractivity contribution in [1.29, 1.82) is 0 Å². The summed E-state index contributed by atoms with van der Waals surface area (Å²) in [5, 5.41) is 9.09. The van der Waals surface area contributed by atoms with Crippen LogP contribution in [0.2, 0.25) is 0 Å². The lowest BCUT2D eigenvalue weighted by Gasteiger charge is -2.35. The number of piperazine rings is 1. The molecule has 0 aromatic carbocycles. The maximum Gasteiger partial charge on any atom is 0.220 e. The molecule has 27 heavy (non-hydrogen) atoms. The number of thiophene rings is 1. The van der Waals surface area contributed by atoms with Gasteiger partial charge in [0.1, 0.15) is 12.0 Å². The Morgan fingerprint density at radius 1 is 1.33 bits per heavy atom. The van der Waals surface area contributed by atoms with E-state index in [0.29, 0.717) is 38.4 Å². The molecule has 3 heterocycles. The minimum absolute atomic E-state index is 0.130. The van der Waals surface area contributed by atoms with Crippen LogP contribution in [0.1, 0.15) is 23.1 Å². The van der Waals surface area contributed by atoms with Crippen LogP contribution in [0.3, 0.4) is 0 Å². The van der Waals surface area contributed by atoms with Gasteiger partial charge in [-0.1, -0.05) is 5.16 Å². The Kier molecular flexibility index (Phi) is 6.51. The number of hydrogen-bond acceptors (Lipinski definition) is 6. The summed E-state index contributed by atoms with van der Waals surface area (Å²) in [6.45, 7) is 7.60. The summed E-state index contributed by atoms with van der Waals surface area (Å²) >= 11 is 1.71. The molecule has 0 saturated carbocycles. The molecule has 0 radical (unpaired) electrons. The van der Waals surface area contributed by atoms with E-state index in [4.69, 9.17) is 9.52 Å². The second kappa shape index (κ2) is 8.85. The molecule has 1 aliphatic rings. The number of aliphatic imine (C=N–C) groups is 1. The third kappa shape index (κ3) is 5.08. The topological polar surface area (TPSA) is 91.0 Å². The van der Waals surface area contributed by atoms with E-state index >= 15 is 0 Å². The number of rotatable bonds is 6. The number of sulfonamides is 1. The molecule has 148 valence electrons. The minimum Gasteiger partial charge on any atom is -0.364 e. The fraction of sp³-hybridized carbons (Fsp3) is 0.529. The summed E-state index contributed by atoms with van der Waals surface area (Å²) in [6.07, 6.45) is 1.39. The number of hydrogen-bond donors (Lipinski definition) is 1. The molecular weight excluding hydrogens is 386 g/mol. The van der Waals surface area contributed by atoms with Crippen molar-refractivity contribution >= 4 is 27.3 Å². The van der Waals surface area contributed by atoms with Crippen LogP contribution in [0.5, 0.6) is 0 Å². The first-order valence-corrected chi connectivity index (χ1v) is 11.4. The molecule has 8 nitrogen and oxygen atoms in total. The van der Waals surface area contributed by atoms with E-state index in [0.717, 1.165) is 12.5 Å². The maximum absolute atomic E-state index is 12.6. The van der Waals surface area contributed by atoms with E-state index in [2.05, 4.69) is 33.7 Å². The highest BCUT2D eigenvalue weighted by Crippen LogP contribution is 2.17. The van der Waals surface area contributed by atoms with E-state index in [-0.39, 0.29) is 5.75 Å². The Balaban J connectivity index is 1.61. The molecule has 0 atom stereocenters. The average Bonchev–Trinajstić information content (AvgIpc) is 3.30. The van der Waals surface area contributed by atoms with Gasteiger partial charge in [-0.15, -0.1) is 11.3 Å². The quantitative estimate of drug-likeness (QED) is 0.574. The van der Waals surface area contributed by atoms with Crippen LogP contribution in [0, 0.1) is 6.92 Å². The van der Waals surface area contributed by atoms with Crippen LogP contribution in [-0.2, 0) is 22.3 Å². The van der Waals surface area contributed by atoms with Crippen molar-refractivity contribution in [2.24, 2.45) is 4.99 Å². The summed E-state index contributed by atoms with van der Waals surface area (Å²) in [6, 6.07) is 3.68. The largest absolute Gasteiger partial charge is 0.364 e. The zero-order chi connectivity index (χ0) is 19.3. The van der Waals surface area contributed by atoms with E-state index in [1.165, 1.54) is 21.0 Å². The number of aryl methyl sites for hydroxylation is 1. The van der Waals surface area contributed by atoms with Crippen molar-refractivity contribution in [3.63, 3.8) is 0 Å². The highest BCUT2D eigenvalue weighted by Gasteiger charge is 2.29. The molecule has 10 heteroatoms. The number of nitrogens with zero attached hydrogens (tertiary/aromatic N) is 4. The third-order valence-electron chi connectivity index (χ3n) is 4.43.